The Hall–Kier alpha value is -0.480. The van der Waals surface area contributed by atoms with Crippen molar-refractivity contribution in [2.45, 2.75) is 19.0 Å². The second-order valence-electron chi connectivity index (χ2n) is 4.13. The maximum absolute atomic E-state index is 12.9. The van der Waals surface area contributed by atoms with Crippen molar-refractivity contribution >= 4 is 5.78 Å². The molecule has 0 aromatic rings. The van der Waals surface area contributed by atoms with Crippen molar-refractivity contribution in [3.63, 3.8) is 0 Å². The largest absolute Gasteiger partial charge is 0.380 e. The van der Waals surface area contributed by atoms with Gasteiger partial charge >= 0.3 is 0 Å². The molecule has 0 radical (unpaired) electrons. The first kappa shape index (κ1) is 10.1. The van der Waals surface area contributed by atoms with Crippen LogP contribution >= 0.6 is 0 Å². The van der Waals surface area contributed by atoms with Crippen molar-refractivity contribution in [2.24, 2.45) is 5.92 Å². The summed E-state index contributed by atoms with van der Waals surface area (Å²) in [6, 6.07) is 0. The molecule has 2 saturated heterocycles. The monoisotopic (exact) mass is 201 g/mol. The van der Waals surface area contributed by atoms with Crippen LogP contribution in [0.1, 0.15) is 12.8 Å². The third-order valence-corrected chi connectivity index (χ3v) is 2.96. The van der Waals surface area contributed by atoms with Gasteiger partial charge in [-0.25, -0.2) is 4.39 Å². The molecular formula is C10H16FNO2. The number of ketones is 1. The van der Waals surface area contributed by atoms with E-state index >= 15 is 0 Å². The van der Waals surface area contributed by atoms with E-state index in [4.69, 9.17) is 4.74 Å². The summed E-state index contributed by atoms with van der Waals surface area (Å²) in [5.41, 5.74) is 0. The van der Waals surface area contributed by atoms with E-state index in [1.165, 1.54) is 0 Å². The normalized spacial score (nSPS) is 35.1. The molecule has 0 aliphatic carbocycles. The Morgan fingerprint density at radius 3 is 3.07 bits per heavy atom. The van der Waals surface area contributed by atoms with Gasteiger partial charge in [0.15, 0.2) is 0 Å². The van der Waals surface area contributed by atoms with E-state index in [0.29, 0.717) is 39.1 Å². The van der Waals surface area contributed by atoms with Gasteiger partial charge < -0.3 is 4.74 Å². The molecule has 2 unspecified atom stereocenters. The molecule has 0 amide bonds. The van der Waals surface area contributed by atoms with Gasteiger partial charge in [0.25, 0.3) is 0 Å². The zero-order valence-electron chi connectivity index (χ0n) is 8.25. The molecule has 0 aromatic heterocycles. The molecule has 2 aliphatic rings. The van der Waals surface area contributed by atoms with Crippen LogP contribution in [0.15, 0.2) is 0 Å². The van der Waals surface area contributed by atoms with Crippen molar-refractivity contribution in [1.82, 2.24) is 4.90 Å². The zero-order valence-corrected chi connectivity index (χ0v) is 8.25. The van der Waals surface area contributed by atoms with Gasteiger partial charge in [-0.2, -0.15) is 0 Å². The summed E-state index contributed by atoms with van der Waals surface area (Å²) in [6.07, 6.45) is 0.439. The lowest BCUT2D eigenvalue weighted by molar-refractivity contribution is -0.131. The number of hydrogen-bond donors (Lipinski definition) is 0. The molecule has 0 N–H and O–H groups in total. The molecule has 2 aliphatic heterocycles. The fraction of sp³-hybridized carbons (Fsp3) is 0.900. The van der Waals surface area contributed by atoms with Gasteiger partial charge in [0.1, 0.15) is 12.0 Å². The molecule has 80 valence electrons. The molecule has 0 bridgehead atoms. The first-order valence-corrected chi connectivity index (χ1v) is 5.22. The molecule has 0 aromatic carbocycles. The van der Waals surface area contributed by atoms with Gasteiger partial charge in [0.05, 0.1) is 19.1 Å². The summed E-state index contributed by atoms with van der Waals surface area (Å²) in [5, 5.41) is 0. The zero-order chi connectivity index (χ0) is 9.97. The minimum atomic E-state index is -0.699. The molecule has 0 saturated carbocycles. The van der Waals surface area contributed by atoms with Crippen molar-refractivity contribution in [3.05, 3.63) is 0 Å². The van der Waals surface area contributed by atoms with E-state index in [9.17, 15) is 9.18 Å². The molecule has 0 spiro atoms. The fourth-order valence-corrected chi connectivity index (χ4v) is 2.11. The van der Waals surface area contributed by atoms with Crippen molar-refractivity contribution in [2.75, 3.05) is 32.8 Å². The number of alkyl halides is 1. The number of Topliss-reactive ketones (excluding diaryl/α,β-unsaturated/α-hetero) is 1. The quantitative estimate of drug-likeness (QED) is 0.656. The number of carbonyl (C=O) groups excluding carboxylic acids is 1. The SMILES string of the molecule is O=C1CCOCC1CN1CCC(F)C1. The molecule has 2 fully saturated rings. The van der Waals surface area contributed by atoms with Crippen molar-refractivity contribution in [1.29, 1.82) is 0 Å². The first-order valence-electron chi connectivity index (χ1n) is 5.22. The van der Waals surface area contributed by atoms with Gasteiger partial charge in [-0.3, -0.25) is 9.69 Å². The Bertz CT molecular complexity index is 222. The average Bonchev–Trinajstić information content (AvgIpc) is 2.56. The number of carbonyl (C=O) groups is 1. The van der Waals surface area contributed by atoms with Gasteiger partial charge in [-0.15, -0.1) is 0 Å². The number of rotatable bonds is 2. The van der Waals surface area contributed by atoms with Gasteiger partial charge in [0, 0.05) is 26.1 Å². The lowest BCUT2D eigenvalue weighted by Crippen LogP contribution is -2.37. The molecule has 3 nitrogen and oxygen atoms in total. The lowest BCUT2D eigenvalue weighted by atomic mass is 10.0. The molecule has 14 heavy (non-hydrogen) atoms. The van der Waals surface area contributed by atoms with Gasteiger partial charge in [-0.05, 0) is 6.42 Å². The first-order chi connectivity index (χ1) is 6.75. The van der Waals surface area contributed by atoms with Gasteiger partial charge in [0.2, 0.25) is 0 Å². The highest BCUT2D eigenvalue weighted by Gasteiger charge is 2.29. The van der Waals surface area contributed by atoms with Crippen molar-refractivity contribution < 1.29 is 13.9 Å². The number of ether oxygens (including phenoxy) is 1. The average molecular weight is 201 g/mol. The summed E-state index contributed by atoms with van der Waals surface area (Å²) in [7, 11) is 0. The minimum absolute atomic E-state index is 0.0194. The lowest BCUT2D eigenvalue weighted by Gasteiger charge is -2.25. The highest BCUT2D eigenvalue weighted by Crippen LogP contribution is 2.17. The topological polar surface area (TPSA) is 29.5 Å². The summed E-state index contributed by atoms with van der Waals surface area (Å²) < 4.78 is 18.1. The molecule has 2 rings (SSSR count). The van der Waals surface area contributed by atoms with Crippen LogP contribution in [0.25, 0.3) is 0 Å². The Kier molecular flexibility index (Phi) is 3.13. The van der Waals surface area contributed by atoms with Crippen LogP contribution in [-0.2, 0) is 9.53 Å². The Labute approximate surface area is 83.2 Å². The predicted molar refractivity (Wildman–Crippen MR) is 49.9 cm³/mol. The predicted octanol–water partition coefficient (Wildman–Crippen LogP) is 0.636. The van der Waals surface area contributed by atoms with E-state index in [0.717, 1.165) is 6.54 Å². The second kappa shape index (κ2) is 4.36. The summed E-state index contributed by atoms with van der Waals surface area (Å²) in [4.78, 5) is 13.5. The maximum Gasteiger partial charge on any atom is 0.141 e. The smallest absolute Gasteiger partial charge is 0.141 e. The van der Waals surface area contributed by atoms with Gasteiger partial charge in [-0.1, -0.05) is 0 Å². The number of hydrogen-bond acceptors (Lipinski definition) is 3. The standard InChI is InChI=1S/C10H16FNO2/c11-9-1-3-12(6-9)5-8-7-14-4-2-10(8)13/h8-9H,1-7H2. The van der Waals surface area contributed by atoms with Crippen LogP contribution in [0.5, 0.6) is 0 Å². The van der Waals surface area contributed by atoms with E-state index < -0.39 is 6.17 Å². The Morgan fingerprint density at radius 1 is 1.57 bits per heavy atom. The maximum atomic E-state index is 12.9. The van der Waals surface area contributed by atoms with Crippen LogP contribution in [0.4, 0.5) is 4.39 Å². The molecule has 2 atom stereocenters. The van der Waals surface area contributed by atoms with E-state index in [1.54, 1.807) is 0 Å². The number of likely N-dealkylation sites (tertiary alicyclic amines) is 1. The van der Waals surface area contributed by atoms with Crippen LogP contribution in [0.3, 0.4) is 0 Å². The second-order valence-corrected chi connectivity index (χ2v) is 4.13. The number of nitrogens with zero attached hydrogens (tertiary/aromatic N) is 1. The molecule has 2 heterocycles. The van der Waals surface area contributed by atoms with Crippen LogP contribution in [0.2, 0.25) is 0 Å². The highest BCUT2D eigenvalue weighted by molar-refractivity contribution is 5.82. The van der Waals surface area contributed by atoms with Crippen LogP contribution in [0, 0.1) is 5.92 Å². The summed E-state index contributed by atoms with van der Waals surface area (Å²) in [5.74, 6) is 0.257. The summed E-state index contributed by atoms with van der Waals surface area (Å²) in [6.45, 7) is 3.03. The fourth-order valence-electron chi connectivity index (χ4n) is 2.11. The third kappa shape index (κ3) is 2.30. The molecule has 4 heteroatoms. The van der Waals surface area contributed by atoms with E-state index in [1.807, 2.05) is 4.90 Å². The van der Waals surface area contributed by atoms with Crippen molar-refractivity contribution in [3.8, 4) is 0 Å². The molecular weight excluding hydrogens is 185 g/mol. The van der Waals surface area contributed by atoms with E-state index in [2.05, 4.69) is 0 Å². The summed E-state index contributed by atoms with van der Waals surface area (Å²) >= 11 is 0. The van der Waals surface area contributed by atoms with E-state index in [-0.39, 0.29) is 11.7 Å². The number of halogens is 1. The third-order valence-electron chi connectivity index (χ3n) is 2.96. The van der Waals surface area contributed by atoms with Crippen LogP contribution < -0.4 is 0 Å². The van der Waals surface area contributed by atoms with Crippen LogP contribution in [-0.4, -0.2) is 49.7 Å². The highest BCUT2D eigenvalue weighted by atomic mass is 19.1. The minimum Gasteiger partial charge on any atom is -0.380 e. The Balaban J connectivity index is 1.81. The Morgan fingerprint density at radius 2 is 2.43 bits per heavy atom.